The first kappa shape index (κ1) is 8.47. The minimum atomic E-state index is -2.83. The predicted octanol–water partition coefficient (Wildman–Crippen LogP) is -0.838. The van der Waals surface area contributed by atoms with Crippen molar-refractivity contribution in [2.75, 3.05) is 24.7 Å². The monoisotopic (exact) mass is 191 g/mol. The van der Waals surface area contributed by atoms with E-state index in [9.17, 15) is 8.42 Å². The van der Waals surface area contributed by atoms with Crippen molar-refractivity contribution in [3.05, 3.63) is 0 Å². The van der Waals surface area contributed by atoms with Crippen LogP contribution in [-0.2, 0) is 14.6 Å². The zero-order chi connectivity index (χ0) is 8.60. The van der Waals surface area contributed by atoms with Crippen LogP contribution in [0, 0.1) is 0 Å². The lowest BCUT2D eigenvalue weighted by Crippen LogP contribution is -2.38. The van der Waals surface area contributed by atoms with E-state index in [0.717, 1.165) is 13.0 Å². The average molecular weight is 191 g/mol. The van der Waals surface area contributed by atoms with Gasteiger partial charge >= 0.3 is 0 Å². The van der Waals surface area contributed by atoms with Gasteiger partial charge in [-0.05, 0) is 13.0 Å². The summed E-state index contributed by atoms with van der Waals surface area (Å²) in [6.45, 7) is 1.56. The maximum absolute atomic E-state index is 11.2. The summed E-state index contributed by atoms with van der Waals surface area (Å²) in [4.78, 5) is 0. The fraction of sp³-hybridized carbons (Fsp3) is 1.00. The molecule has 0 aromatic rings. The van der Waals surface area contributed by atoms with Crippen molar-refractivity contribution in [1.82, 2.24) is 5.32 Å². The first-order valence-corrected chi connectivity index (χ1v) is 6.05. The third-order valence-corrected chi connectivity index (χ3v) is 4.06. The van der Waals surface area contributed by atoms with Crippen LogP contribution in [0.15, 0.2) is 0 Å². The predicted molar refractivity (Wildman–Crippen MR) is 44.8 cm³/mol. The van der Waals surface area contributed by atoms with Crippen molar-refractivity contribution >= 4 is 9.84 Å². The van der Waals surface area contributed by atoms with Gasteiger partial charge in [-0.3, -0.25) is 0 Å². The fourth-order valence-electron chi connectivity index (χ4n) is 1.76. The van der Waals surface area contributed by atoms with Crippen molar-refractivity contribution in [3.63, 3.8) is 0 Å². The molecule has 0 radical (unpaired) electrons. The zero-order valence-corrected chi connectivity index (χ0v) is 7.64. The Hall–Kier alpha value is -0.130. The molecule has 0 aromatic carbocycles. The highest BCUT2D eigenvalue weighted by atomic mass is 32.2. The highest BCUT2D eigenvalue weighted by Crippen LogP contribution is 2.17. The second-order valence-electron chi connectivity index (χ2n) is 3.40. The van der Waals surface area contributed by atoms with Gasteiger partial charge in [0, 0.05) is 12.6 Å². The SMILES string of the molecule is O=S1(=O)CC2NCCCOC2C1. The molecule has 0 amide bonds. The Bertz CT molecular complexity index is 242. The number of sulfone groups is 1. The standard InChI is InChI=1S/C7H13NO3S/c9-12(10)4-6-7(5-12)11-3-1-2-8-6/h6-8H,1-5H2. The van der Waals surface area contributed by atoms with E-state index in [1.165, 1.54) is 0 Å². The van der Waals surface area contributed by atoms with E-state index in [0.29, 0.717) is 6.61 Å². The van der Waals surface area contributed by atoms with Crippen LogP contribution in [0.4, 0.5) is 0 Å². The van der Waals surface area contributed by atoms with E-state index in [1.54, 1.807) is 0 Å². The molecule has 2 aliphatic rings. The minimum absolute atomic E-state index is 0.0394. The summed E-state index contributed by atoms with van der Waals surface area (Å²) in [5.74, 6) is 0.447. The number of fused-ring (bicyclic) bond motifs is 1. The minimum Gasteiger partial charge on any atom is -0.375 e. The Labute approximate surface area is 72.2 Å². The van der Waals surface area contributed by atoms with Gasteiger partial charge in [-0.2, -0.15) is 0 Å². The second kappa shape index (κ2) is 2.97. The molecule has 1 N–H and O–H groups in total. The Morgan fingerprint density at radius 2 is 2.17 bits per heavy atom. The molecule has 2 unspecified atom stereocenters. The first-order chi connectivity index (χ1) is 5.67. The first-order valence-electron chi connectivity index (χ1n) is 4.23. The molecule has 0 bridgehead atoms. The highest BCUT2D eigenvalue weighted by molar-refractivity contribution is 7.91. The maximum Gasteiger partial charge on any atom is 0.154 e. The van der Waals surface area contributed by atoms with Gasteiger partial charge in [-0.25, -0.2) is 8.42 Å². The maximum atomic E-state index is 11.2. The molecule has 70 valence electrons. The summed E-state index contributed by atoms with van der Waals surface area (Å²) in [5.41, 5.74) is 0. The molecule has 2 atom stereocenters. The van der Waals surface area contributed by atoms with Gasteiger partial charge in [0.05, 0.1) is 17.6 Å². The summed E-state index contributed by atoms with van der Waals surface area (Å²) in [6.07, 6.45) is 0.880. The van der Waals surface area contributed by atoms with Crippen molar-refractivity contribution in [2.24, 2.45) is 0 Å². The summed E-state index contributed by atoms with van der Waals surface area (Å²) >= 11 is 0. The third-order valence-electron chi connectivity index (χ3n) is 2.36. The molecule has 5 heteroatoms. The smallest absolute Gasteiger partial charge is 0.154 e. The lowest BCUT2D eigenvalue weighted by atomic mass is 10.2. The van der Waals surface area contributed by atoms with E-state index in [1.807, 2.05) is 0 Å². The average Bonchev–Trinajstić information content (AvgIpc) is 2.17. The second-order valence-corrected chi connectivity index (χ2v) is 5.55. The Balaban J connectivity index is 2.12. The molecule has 2 heterocycles. The van der Waals surface area contributed by atoms with E-state index in [-0.39, 0.29) is 23.7 Å². The normalized spacial score (nSPS) is 40.3. The summed E-state index contributed by atoms with van der Waals surface area (Å²) in [7, 11) is -2.83. The third kappa shape index (κ3) is 1.62. The highest BCUT2D eigenvalue weighted by Gasteiger charge is 2.38. The van der Waals surface area contributed by atoms with Gasteiger partial charge in [0.2, 0.25) is 0 Å². The van der Waals surface area contributed by atoms with E-state index in [2.05, 4.69) is 5.32 Å². The van der Waals surface area contributed by atoms with Crippen molar-refractivity contribution in [2.45, 2.75) is 18.6 Å². The van der Waals surface area contributed by atoms with Gasteiger partial charge in [0.15, 0.2) is 9.84 Å². The molecule has 0 saturated carbocycles. The zero-order valence-electron chi connectivity index (χ0n) is 6.82. The number of hydrogen-bond acceptors (Lipinski definition) is 4. The van der Waals surface area contributed by atoms with Crippen LogP contribution in [0.1, 0.15) is 6.42 Å². The van der Waals surface area contributed by atoms with E-state index < -0.39 is 9.84 Å². The lowest BCUT2D eigenvalue weighted by Gasteiger charge is -2.14. The fourth-order valence-corrected chi connectivity index (χ4v) is 3.61. The summed E-state index contributed by atoms with van der Waals surface area (Å²) in [6, 6.07) is 0.0394. The molecule has 0 aromatic heterocycles. The molecule has 2 saturated heterocycles. The van der Waals surface area contributed by atoms with Crippen LogP contribution in [0.2, 0.25) is 0 Å². The van der Waals surface area contributed by atoms with Crippen molar-refractivity contribution < 1.29 is 13.2 Å². The lowest BCUT2D eigenvalue weighted by molar-refractivity contribution is 0.0689. The van der Waals surface area contributed by atoms with Crippen molar-refractivity contribution in [1.29, 1.82) is 0 Å². The van der Waals surface area contributed by atoms with Crippen LogP contribution in [0.3, 0.4) is 0 Å². The summed E-state index contributed by atoms with van der Waals surface area (Å²) in [5, 5.41) is 3.19. The molecule has 2 fully saturated rings. The quantitative estimate of drug-likeness (QED) is 0.542. The topological polar surface area (TPSA) is 55.4 Å². The molecule has 0 spiro atoms. The van der Waals surface area contributed by atoms with E-state index >= 15 is 0 Å². The van der Waals surface area contributed by atoms with Crippen LogP contribution in [0.25, 0.3) is 0 Å². The molecule has 0 aliphatic carbocycles. The number of nitrogens with one attached hydrogen (secondary N) is 1. The number of ether oxygens (including phenoxy) is 1. The molecule has 12 heavy (non-hydrogen) atoms. The van der Waals surface area contributed by atoms with Gasteiger partial charge in [0.1, 0.15) is 0 Å². The van der Waals surface area contributed by atoms with Gasteiger partial charge in [-0.1, -0.05) is 0 Å². The largest absolute Gasteiger partial charge is 0.375 e. The van der Waals surface area contributed by atoms with Crippen molar-refractivity contribution in [3.8, 4) is 0 Å². The van der Waals surface area contributed by atoms with Crippen LogP contribution >= 0.6 is 0 Å². The molecule has 2 rings (SSSR count). The molecule has 2 aliphatic heterocycles. The summed E-state index contributed by atoms with van der Waals surface area (Å²) < 4.78 is 27.8. The number of rotatable bonds is 0. The van der Waals surface area contributed by atoms with Gasteiger partial charge < -0.3 is 10.1 Å². The van der Waals surface area contributed by atoms with Gasteiger partial charge in [-0.15, -0.1) is 0 Å². The molecule has 4 nitrogen and oxygen atoms in total. The van der Waals surface area contributed by atoms with Crippen LogP contribution in [-0.4, -0.2) is 45.2 Å². The Kier molecular flexibility index (Phi) is 2.10. The Morgan fingerprint density at radius 3 is 3.00 bits per heavy atom. The molecular formula is C7H13NO3S. The van der Waals surface area contributed by atoms with Crippen LogP contribution in [0.5, 0.6) is 0 Å². The van der Waals surface area contributed by atoms with Crippen LogP contribution < -0.4 is 5.32 Å². The molecular weight excluding hydrogens is 178 g/mol. The number of hydrogen-bond donors (Lipinski definition) is 1. The van der Waals surface area contributed by atoms with Gasteiger partial charge in [0.25, 0.3) is 0 Å². The van der Waals surface area contributed by atoms with E-state index in [4.69, 9.17) is 4.74 Å². The Morgan fingerprint density at radius 1 is 1.33 bits per heavy atom.